The Kier molecular flexibility index (Phi) is 4.32. The molecule has 0 atom stereocenters. The number of para-hydroxylation sites is 1. The van der Waals surface area contributed by atoms with E-state index in [0.29, 0.717) is 24.7 Å². The number of hydrogen-bond donors (Lipinski definition) is 0. The minimum absolute atomic E-state index is 0.0351. The monoisotopic (exact) mass is 323 g/mol. The second kappa shape index (κ2) is 6.75. The maximum absolute atomic E-state index is 13.1. The second-order valence-electron chi connectivity index (χ2n) is 6.39. The van der Waals surface area contributed by atoms with Gasteiger partial charge in [-0.15, -0.1) is 0 Å². The summed E-state index contributed by atoms with van der Waals surface area (Å²) in [6.07, 6.45) is 2.06. The lowest BCUT2D eigenvalue weighted by molar-refractivity contribution is -0.0441. The number of benzene rings is 2. The lowest BCUT2D eigenvalue weighted by Crippen LogP contribution is -2.33. The van der Waals surface area contributed by atoms with E-state index in [9.17, 15) is 4.79 Å². The van der Waals surface area contributed by atoms with Gasteiger partial charge in [0.2, 0.25) is 0 Å². The molecule has 24 heavy (non-hydrogen) atoms. The highest BCUT2D eigenvalue weighted by molar-refractivity contribution is 6.06. The van der Waals surface area contributed by atoms with Gasteiger partial charge < -0.3 is 14.4 Å². The summed E-state index contributed by atoms with van der Waals surface area (Å²) in [5, 5.41) is 0. The highest BCUT2D eigenvalue weighted by Crippen LogP contribution is 2.32. The number of ether oxygens (including phenoxy) is 2. The van der Waals surface area contributed by atoms with Gasteiger partial charge >= 0.3 is 0 Å². The predicted octanol–water partition coefficient (Wildman–Crippen LogP) is 3.79. The molecular weight excluding hydrogens is 302 g/mol. The van der Waals surface area contributed by atoms with Crippen LogP contribution in [0.4, 0.5) is 5.69 Å². The molecule has 1 saturated heterocycles. The molecule has 1 aliphatic heterocycles. The largest absolute Gasteiger partial charge is 0.346 e. The van der Waals surface area contributed by atoms with Crippen molar-refractivity contribution < 1.29 is 14.3 Å². The SMILES string of the molecule is O=C(c1cccc(C2OCCO2)c1)N(CC1CC1)c1ccccc1. The third-order valence-electron chi connectivity index (χ3n) is 4.48. The molecule has 0 radical (unpaired) electrons. The van der Waals surface area contributed by atoms with Crippen LogP contribution < -0.4 is 4.90 Å². The number of amides is 1. The fourth-order valence-electron chi connectivity index (χ4n) is 3.00. The first-order valence-corrected chi connectivity index (χ1v) is 8.51. The zero-order chi connectivity index (χ0) is 16.4. The normalized spacial score (nSPS) is 17.8. The van der Waals surface area contributed by atoms with E-state index in [4.69, 9.17) is 9.47 Å². The number of carbonyl (C=O) groups excluding carboxylic acids is 1. The Morgan fingerprint density at radius 2 is 1.75 bits per heavy atom. The van der Waals surface area contributed by atoms with E-state index in [-0.39, 0.29) is 12.2 Å². The van der Waals surface area contributed by atoms with Crippen LogP contribution in [0.1, 0.15) is 35.1 Å². The molecule has 0 aromatic heterocycles. The van der Waals surface area contributed by atoms with Crippen LogP contribution in [-0.4, -0.2) is 25.7 Å². The van der Waals surface area contributed by atoms with E-state index in [1.807, 2.05) is 59.5 Å². The zero-order valence-corrected chi connectivity index (χ0v) is 13.6. The van der Waals surface area contributed by atoms with E-state index < -0.39 is 0 Å². The summed E-state index contributed by atoms with van der Waals surface area (Å²) in [5.41, 5.74) is 2.53. The summed E-state index contributed by atoms with van der Waals surface area (Å²) in [6, 6.07) is 17.5. The van der Waals surface area contributed by atoms with Crippen LogP contribution >= 0.6 is 0 Å². The Morgan fingerprint density at radius 1 is 1.00 bits per heavy atom. The zero-order valence-electron chi connectivity index (χ0n) is 13.6. The van der Waals surface area contributed by atoms with Crippen molar-refractivity contribution in [1.29, 1.82) is 0 Å². The van der Waals surface area contributed by atoms with Gasteiger partial charge in [0.25, 0.3) is 5.91 Å². The van der Waals surface area contributed by atoms with Crippen LogP contribution in [0.25, 0.3) is 0 Å². The summed E-state index contributed by atoms with van der Waals surface area (Å²) < 4.78 is 11.1. The summed E-state index contributed by atoms with van der Waals surface area (Å²) in [4.78, 5) is 15.0. The molecule has 4 nitrogen and oxygen atoms in total. The molecule has 4 heteroatoms. The first-order valence-electron chi connectivity index (χ1n) is 8.51. The number of rotatable bonds is 5. The quantitative estimate of drug-likeness (QED) is 0.840. The first-order chi connectivity index (χ1) is 11.8. The maximum Gasteiger partial charge on any atom is 0.258 e. The molecule has 1 heterocycles. The molecule has 1 aliphatic carbocycles. The van der Waals surface area contributed by atoms with Crippen LogP contribution in [0.15, 0.2) is 54.6 Å². The molecular formula is C20H21NO3. The summed E-state index contributed by atoms with van der Waals surface area (Å²) in [6.45, 7) is 1.98. The fourth-order valence-corrected chi connectivity index (χ4v) is 3.00. The van der Waals surface area contributed by atoms with Crippen LogP contribution in [-0.2, 0) is 9.47 Å². The molecule has 2 fully saturated rings. The van der Waals surface area contributed by atoms with E-state index in [0.717, 1.165) is 17.8 Å². The molecule has 2 aromatic carbocycles. The highest BCUT2D eigenvalue weighted by Gasteiger charge is 2.28. The minimum atomic E-state index is -0.355. The van der Waals surface area contributed by atoms with Gasteiger partial charge in [-0.05, 0) is 43.0 Å². The number of hydrogen-bond acceptors (Lipinski definition) is 3. The van der Waals surface area contributed by atoms with Gasteiger partial charge in [0.1, 0.15) is 0 Å². The summed E-state index contributed by atoms with van der Waals surface area (Å²) >= 11 is 0. The van der Waals surface area contributed by atoms with E-state index in [1.54, 1.807) is 0 Å². The van der Waals surface area contributed by atoms with E-state index in [1.165, 1.54) is 12.8 Å². The van der Waals surface area contributed by atoms with Gasteiger partial charge in [0.05, 0.1) is 13.2 Å². The third kappa shape index (κ3) is 3.35. The topological polar surface area (TPSA) is 38.8 Å². The third-order valence-corrected chi connectivity index (χ3v) is 4.48. The van der Waals surface area contributed by atoms with E-state index >= 15 is 0 Å². The lowest BCUT2D eigenvalue weighted by Gasteiger charge is -2.23. The van der Waals surface area contributed by atoms with Crippen molar-refractivity contribution in [2.45, 2.75) is 19.1 Å². The lowest BCUT2D eigenvalue weighted by atomic mass is 10.1. The first kappa shape index (κ1) is 15.4. The van der Waals surface area contributed by atoms with Crippen molar-refractivity contribution in [3.05, 3.63) is 65.7 Å². The highest BCUT2D eigenvalue weighted by atomic mass is 16.7. The van der Waals surface area contributed by atoms with Crippen molar-refractivity contribution in [3.63, 3.8) is 0 Å². The van der Waals surface area contributed by atoms with Crippen LogP contribution in [0.5, 0.6) is 0 Å². The van der Waals surface area contributed by atoms with Gasteiger partial charge in [-0.1, -0.05) is 30.3 Å². The molecule has 1 amide bonds. The fraction of sp³-hybridized carbons (Fsp3) is 0.350. The number of carbonyl (C=O) groups is 1. The van der Waals surface area contributed by atoms with Crippen molar-refractivity contribution in [3.8, 4) is 0 Å². The van der Waals surface area contributed by atoms with Gasteiger partial charge in [-0.25, -0.2) is 0 Å². The minimum Gasteiger partial charge on any atom is -0.346 e. The molecule has 2 aromatic rings. The summed E-state index contributed by atoms with van der Waals surface area (Å²) in [5.74, 6) is 0.659. The van der Waals surface area contributed by atoms with Gasteiger partial charge in [0.15, 0.2) is 6.29 Å². The van der Waals surface area contributed by atoms with Crippen LogP contribution in [0.2, 0.25) is 0 Å². The van der Waals surface area contributed by atoms with Gasteiger partial charge in [0, 0.05) is 23.4 Å². The average Bonchev–Trinajstić information content (AvgIpc) is 3.29. The molecule has 0 unspecified atom stereocenters. The van der Waals surface area contributed by atoms with Crippen molar-refractivity contribution in [2.75, 3.05) is 24.7 Å². The van der Waals surface area contributed by atoms with Gasteiger partial charge in [-0.2, -0.15) is 0 Å². The van der Waals surface area contributed by atoms with Crippen molar-refractivity contribution in [2.24, 2.45) is 5.92 Å². The molecule has 0 spiro atoms. The Bertz CT molecular complexity index is 706. The smallest absolute Gasteiger partial charge is 0.258 e. The standard InChI is InChI=1S/C20H21NO3/c22-19(16-5-4-6-17(13-16)20-23-11-12-24-20)21(14-15-9-10-15)18-7-2-1-3-8-18/h1-8,13,15,20H,9-12,14H2. The van der Waals surface area contributed by atoms with Crippen molar-refractivity contribution >= 4 is 11.6 Å². The Labute approximate surface area is 142 Å². The number of anilines is 1. The molecule has 0 bridgehead atoms. The average molecular weight is 323 g/mol. The van der Waals surface area contributed by atoms with E-state index in [2.05, 4.69) is 0 Å². The molecule has 4 rings (SSSR count). The molecule has 1 saturated carbocycles. The maximum atomic E-state index is 13.1. The Morgan fingerprint density at radius 3 is 2.46 bits per heavy atom. The van der Waals surface area contributed by atoms with Crippen LogP contribution in [0, 0.1) is 5.92 Å². The van der Waals surface area contributed by atoms with Gasteiger partial charge in [-0.3, -0.25) is 4.79 Å². The Hall–Kier alpha value is -2.17. The second-order valence-corrected chi connectivity index (χ2v) is 6.39. The molecule has 0 N–H and O–H groups in total. The molecule has 2 aliphatic rings. The van der Waals surface area contributed by atoms with Crippen molar-refractivity contribution in [1.82, 2.24) is 0 Å². The summed E-state index contributed by atoms with van der Waals surface area (Å²) in [7, 11) is 0. The predicted molar refractivity (Wildman–Crippen MR) is 91.9 cm³/mol. The van der Waals surface area contributed by atoms with Crippen LogP contribution in [0.3, 0.4) is 0 Å². The Balaban J connectivity index is 1.60. The molecule has 124 valence electrons. The number of nitrogens with zero attached hydrogens (tertiary/aromatic N) is 1.